The Bertz CT molecular complexity index is 319. The van der Waals surface area contributed by atoms with E-state index in [4.69, 9.17) is 0 Å². The van der Waals surface area contributed by atoms with Crippen LogP contribution in [0.5, 0.6) is 0 Å². The van der Waals surface area contributed by atoms with Gasteiger partial charge in [0.1, 0.15) is 0 Å². The summed E-state index contributed by atoms with van der Waals surface area (Å²) in [4.78, 5) is 1.38. The Labute approximate surface area is 114 Å². The molecular weight excluding hydrogens is 242 g/mol. The number of aliphatic hydroxyl groups is 1. The Balaban J connectivity index is 1.72. The molecule has 3 heteroatoms. The van der Waals surface area contributed by atoms with Crippen LogP contribution in [0.4, 0.5) is 0 Å². The molecule has 2 nitrogen and oxygen atoms in total. The first-order chi connectivity index (χ1) is 8.79. The van der Waals surface area contributed by atoms with Crippen molar-refractivity contribution in [1.82, 2.24) is 5.32 Å². The van der Waals surface area contributed by atoms with E-state index in [1.807, 2.05) is 0 Å². The summed E-state index contributed by atoms with van der Waals surface area (Å²) in [5.41, 5.74) is 0. The summed E-state index contributed by atoms with van der Waals surface area (Å²) in [6, 6.07) is 4.68. The first kappa shape index (κ1) is 14.0. The zero-order valence-electron chi connectivity index (χ0n) is 11.3. The molecule has 0 radical (unpaired) electrons. The number of nitrogens with one attached hydrogen (secondary N) is 1. The number of aliphatic hydroxyl groups excluding tert-OH is 1. The Morgan fingerprint density at radius 3 is 2.83 bits per heavy atom. The lowest BCUT2D eigenvalue weighted by Crippen LogP contribution is -2.30. The van der Waals surface area contributed by atoms with Crippen molar-refractivity contribution in [2.24, 2.45) is 5.92 Å². The summed E-state index contributed by atoms with van der Waals surface area (Å²) in [5.74, 6) is 0.767. The third-order valence-electron chi connectivity index (χ3n) is 3.97. The van der Waals surface area contributed by atoms with Crippen LogP contribution in [0.25, 0.3) is 0 Å². The molecule has 1 aliphatic carbocycles. The van der Waals surface area contributed by atoms with Crippen molar-refractivity contribution < 1.29 is 5.11 Å². The zero-order chi connectivity index (χ0) is 12.8. The smallest absolute Gasteiger partial charge is 0.0667 e. The highest BCUT2D eigenvalue weighted by Crippen LogP contribution is 2.28. The van der Waals surface area contributed by atoms with Crippen LogP contribution in [0.1, 0.15) is 56.4 Å². The van der Waals surface area contributed by atoms with E-state index in [-0.39, 0.29) is 6.10 Å². The third-order valence-corrected chi connectivity index (χ3v) is 4.96. The minimum Gasteiger partial charge on any atom is -0.392 e. The monoisotopic (exact) mass is 267 g/mol. The fraction of sp³-hybridized carbons (Fsp3) is 0.733. The second-order valence-electron chi connectivity index (χ2n) is 5.42. The molecule has 102 valence electrons. The lowest BCUT2D eigenvalue weighted by molar-refractivity contribution is 0.137. The van der Waals surface area contributed by atoms with Crippen LogP contribution in [-0.2, 0) is 0 Å². The second kappa shape index (κ2) is 7.27. The molecule has 2 atom stereocenters. The molecule has 0 amide bonds. The molecular formula is C15H25NOS. The van der Waals surface area contributed by atoms with E-state index in [1.165, 1.54) is 30.6 Å². The van der Waals surface area contributed by atoms with E-state index in [0.717, 1.165) is 25.3 Å². The lowest BCUT2D eigenvalue weighted by atomic mass is 10.00. The molecule has 0 bridgehead atoms. The van der Waals surface area contributed by atoms with Gasteiger partial charge in [0.15, 0.2) is 0 Å². The maximum atomic E-state index is 10.1. The van der Waals surface area contributed by atoms with Gasteiger partial charge in [-0.1, -0.05) is 38.7 Å². The molecule has 18 heavy (non-hydrogen) atoms. The zero-order valence-corrected chi connectivity index (χ0v) is 12.1. The number of hydrogen-bond donors (Lipinski definition) is 2. The Morgan fingerprint density at radius 1 is 1.44 bits per heavy atom. The van der Waals surface area contributed by atoms with Gasteiger partial charge in [0.25, 0.3) is 0 Å². The first-order valence-corrected chi connectivity index (χ1v) is 8.12. The Hall–Kier alpha value is -0.380. The Kier molecular flexibility index (Phi) is 5.67. The van der Waals surface area contributed by atoms with Crippen LogP contribution >= 0.6 is 11.3 Å². The molecule has 2 N–H and O–H groups in total. The molecule has 1 heterocycles. The molecule has 0 saturated heterocycles. The van der Waals surface area contributed by atoms with Gasteiger partial charge in [0.05, 0.1) is 6.10 Å². The van der Waals surface area contributed by atoms with Crippen LogP contribution in [0.2, 0.25) is 0 Å². The maximum absolute atomic E-state index is 10.1. The normalized spacial score (nSPS) is 20.1. The molecule has 0 aliphatic heterocycles. The van der Waals surface area contributed by atoms with Gasteiger partial charge in [0.2, 0.25) is 0 Å². The topological polar surface area (TPSA) is 32.3 Å². The summed E-state index contributed by atoms with van der Waals surface area (Å²) < 4.78 is 0. The highest BCUT2D eigenvalue weighted by molar-refractivity contribution is 7.10. The summed E-state index contributed by atoms with van der Waals surface area (Å²) in [5, 5.41) is 15.7. The van der Waals surface area contributed by atoms with Crippen LogP contribution in [0.3, 0.4) is 0 Å². The summed E-state index contributed by atoms with van der Waals surface area (Å²) in [6.07, 6.45) is 7.24. The molecule has 1 aliphatic rings. The number of rotatable bonds is 7. The standard InChI is InChI=1S/C15H25NOS/c1-2-14(15-8-5-9-18-15)16-11-13(17)10-12-6-3-4-7-12/h5,8-9,12-14,16-17H,2-4,6-7,10-11H2,1H3. The van der Waals surface area contributed by atoms with E-state index < -0.39 is 0 Å². The summed E-state index contributed by atoms with van der Waals surface area (Å²) >= 11 is 1.80. The maximum Gasteiger partial charge on any atom is 0.0667 e. The molecule has 0 aromatic carbocycles. The lowest BCUT2D eigenvalue weighted by Gasteiger charge is -2.20. The second-order valence-corrected chi connectivity index (χ2v) is 6.40. The SMILES string of the molecule is CCC(NCC(O)CC1CCCC1)c1cccs1. The third kappa shape index (κ3) is 4.08. The molecule has 1 aromatic rings. The van der Waals surface area contributed by atoms with Gasteiger partial charge in [-0.15, -0.1) is 11.3 Å². The van der Waals surface area contributed by atoms with Gasteiger partial charge >= 0.3 is 0 Å². The predicted octanol–water partition coefficient (Wildman–Crippen LogP) is 3.73. The Morgan fingerprint density at radius 2 is 2.22 bits per heavy atom. The quantitative estimate of drug-likeness (QED) is 0.789. The highest BCUT2D eigenvalue weighted by atomic mass is 32.1. The van der Waals surface area contributed by atoms with Crippen LogP contribution < -0.4 is 5.32 Å². The van der Waals surface area contributed by atoms with E-state index in [2.05, 4.69) is 29.8 Å². The van der Waals surface area contributed by atoms with E-state index >= 15 is 0 Å². The molecule has 2 rings (SSSR count). The molecule has 1 fully saturated rings. The van der Waals surface area contributed by atoms with Gasteiger partial charge < -0.3 is 10.4 Å². The largest absolute Gasteiger partial charge is 0.392 e. The van der Waals surface area contributed by atoms with Gasteiger partial charge in [0, 0.05) is 17.5 Å². The number of hydrogen-bond acceptors (Lipinski definition) is 3. The minimum atomic E-state index is -0.179. The van der Waals surface area contributed by atoms with Crippen molar-refractivity contribution in [2.45, 2.75) is 57.6 Å². The minimum absolute atomic E-state index is 0.179. The van der Waals surface area contributed by atoms with Crippen LogP contribution in [0.15, 0.2) is 17.5 Å². The van der Waals surface area contributed by atoms with Crippen molar-refractivity contribution in [1.29, 1.82) is 0 Å². The van der Waals surface area contributed by atoms with E-state index in [0.29, 0.717) is 6.04 Å². The first-order valence-electron chi connectivity index (χ1n) is 7.24. The van der Waals surface area contributed by atoms with Gasteiger partial charge in [-0.25, -0.2) is 0 Å². The van der Waals surface area contributed by atoms with Crippen molar-refractivity contribution in [2.75, 3.05) is 6.54 Å². The molecule has 2 unspecified atom stereocenters. The van der Waals surface area contributed by atoms with Crippen molar-refractivity contribution in [3.05, 3.63) is 22.4 Å². The predicted molar refractivity (Wildman–Crippen MR) is 77.9 cm³/mol. The summed E-state index contributed by atoms with van der Waals surface area (Å²) in [6.45, 7) is 2.92. The van der Waals surface area contributed by atoms with Crippen LogP contribution in [-0.4, -0.2) is 17.8 Å². The summed E-state index contributed by atoms with van der Waals surface area (Å²) in [7, 11) is 0. The van der Waals surface area contributed by atoms with Crippen molar-refractivity contribution in [3.8, 4) is 0 Å². The van der Waals surface area contributed by atoms with E-state index in [1.54, 1.807) is 11.3 Å². The average molecular weight is 267 g/mol. The molecule has 1 saturated carbocycles. The number of thiophene rings is 1. The van der Waals surface area contributed by atoms with Crippen molar-refractivity contribution >= 4 is 11.3 Å². The van der Waals surface area contributed by atoms with Crippen LogP contribution in [0, 0.1) is 5.92 Å². The van der Waals surface area contributed by atoms with Gasteiger partial charge in [-0.2, -0.15) is 0 Å². The highest BCUT2D eigenvalue weighted by Gasteiger charge is 2.19. The van der Waals surface area contributed by atoms with Gasteiger partial charge in [-0.05, 0) is 30.2 Å². The fourth-order valence-corrected chi connectivity index (χ4v) is 3.81. The van der Waals surface area contributed by atoms with Crippen molar-refractivity contribution in [3.63, 3.8) is 0 Å². The molecule has 0 spiro atoms. The fourth-order valence-electron chi connectivity index (χ4n) is 2.93. The van der Waals surface area contributed by atoms with E-state index in [9.17, 15) is 5.11 Å². The molecule has 1 aromatic heterocycles. The average Bonchev–Trinajstić information content (AvgIpc) is 3.02. The van der Waals surface area contributed by atoms with Gasteiger partial charge in [-0.3, -0.25) is 0 Å².